The smallest absolute Gasteiger partial charge is 0.270 e. The number of fused-ring (bicyclic) bond motifs is 1. The van der Waals surface area contributed by atoms with E-state index in [-0.39, 0.29) is 11.9 Å². The number of hydrogen-bond donors (Lipinski definition) is 1. The Kier molecular flexibility index (Phi) is 7.76. The lowest BCUT2D eigenvalue weighted by Gasteiger charge is -2.31. The minimum absolute atomic E-state index is 0.0458. The molecule has 1 N–H and O–H groups in total. The zero-order chi connectivity index (χ0) is 22.3. The van der Waals surface area contributed by atoms with Crippen LogP contribution in [0.2, 0.25) is 0 Å². The molecule has 0 unspecified atom stereocenters. The summed E-state index contributed by atoms with van der Waals surface area (Å²) in [7, 11) is 1.80. The number of carbonyl (C=O) groups excluding carboxylic acids is 1. The molecule has 172 valence electrons. The number of carbonyl (C=O) groups is 1. The maximum absolute atomic E-state index is 12.6. The normalized spacial score (nSPS) is 19.2. The summed E-state index contributed by atoms with van der Waals surface area (Å²) >= 11 is 0. The fourth-order valence-electron chi connectivity index (χ4n) is 4.52. The molecule has 1 saturated heterocycles. The third kappa shape index (κ3) is 5.87. The van der Waals surface area contributed by atoms with E-state index in [1.165, 1.54) is 11.1 Å². The van der Waals surface area contributed by atoms with Crippen LogP contribution in [0.4, 0.5) is 0 Å². The number of ether oxygens (including phenoxy) is 2. The molecule has 2 aliphatic rings. The molecule has 0 aliphatic carbocycles. The number of unbranched alkanes of at least 4 members (excludes halogenated alkanes) is 1. The molecule has 0 saturated carbocycles. The van der Waals surface area contributed by atoms with Crippen molar-refractivity contribution in [3.05, 3.63) is 58.9 Å². The van der Waals surface area contributed by atoms with Gasteiger partial charge in [0.05, 0.1) is 12.1 Å². The Bertz CT molecular complexity index is 892. The minimum atomic E-state index is -0.139. The maximum Gasteiger partial charge on any atom is 0.270 e. The van der Waals surface area contributed by atoms with Crippen molar-refractivity contribution in [2.75, 3.05) is 26.8 Å². The van der Waals surface area contributed by atoms with E-state index in [1.807, 2.05) is 18.3 Å². The number of nitrogens with one attached hydrogen (secondary N) is 1. The number of rotatable bonds is 8. The van der Waals surface area contributed by atoms with E-state index in [1.54, 1.807) is 7.11 Å². The molecule has 3 heterocycles. The molecule has 0 bridgehead atoms. The van der Waals surface area contributed by atoms with Gasteiger partial charge >= 0.3 is 0 Å². The summed E-state index contributed by atoms with van der Waals surface area (Å²) in [5.74, 6) is 0.804. The van der Waals surface area contributed by atoms with E-state index in [4.69, 9.17) is 9.47 Å². The van der Waals surface area contributed by atoms with E-state index in [9.17, 15) is 4.79 Å². The lowest BCUT2D eigenvalue weighted by molar-refractivity contribution is 0.0388. The molecule has 1 aromatic heterocycles. The summed E-state index contributed by atoms with van der Waals surface area (Å²) < 4.78 is 11.5. The van der Waals surface area contributed by atoms with E-state index in [0.29, 0.717) is 18.4 Å². The largest absolute Gasteiger partial charge is 0.491 e. The SMILES string of the molecule is CCCCc1ccc(C(=O)N[C@H]2COc3cc(CN4CCC(OC)CC4)ccc3C2)nc1. The maximum atomic E-state index is 12.6. The number of aryl methyl sites for hydroxylation is 1. The Balaban J connectivity index is 1.29. The monoisotopic (exact) mass is 437 g/mol. The summed E-state index contributed by atoms with van der Waals surface area (Å²) in [6, 6.07) is 10.3. The Labute approximate surface area is 191 Å². The van der Waals surface area contributed by atoms with Crippen LogP contribution in [0.25, 0.3) is 0 Å². The van der Waals surface area contributed by atoms with Gasteiger partial charge in [-0.1, -0.05) is 31.5 Å². The highest BCUT2D eigenvalue weighted by Gasteiger charge is 2.24. The zero-order valence-electron chi connectivity index (χ0n) is 19.3. The van der Waals surface area contributed by atoms with Gasteiger partial charge in [-0.2, -0.15) is 0 Å². The van der Waals surface area contributed by atoms with Crippen molar-refractivity contribution in [3.8, 4) is 5.75 Å². The predicted molar refractivity (Wildman–Crippen MR) is 125 cm³/mol. The van der Waals surface area contributed by atoms with Crippen molar-refractivity contribution in [1.82, 2.24) is 15.2 Å². The Morgan fingerprint density at radius 1 is 1.22 bits per heavy atom. The van der Waals surface area contributed by atoms with Crippen LogP contribution in [0, 0.1) is 0 Å². The third-order valence-electron chi connectivity index (χ3n) is 6.52. The molecule has 1 atom stereocenters. The molecule has 6 nitrogen and oxygen atoms in total. The van der Waals surface area contributed by atoms with E-state index < -0.39 is 0 Å². The summed E-state index contributed by atoms with van der Waals surface area (Å²) in [6.07, 6.45) is 8.47. The van der Waals surface area contributed by atoms with Crippen LogP contribution in [0.5, 0.6) is 5.75 Å². The third-order valence-corrected chi connectivity index (χ3v) is 6.52. The van der Waals surface area contributed by atoms with Gasteiger partial charge in [0.2, 0.25) is 0 Å². The van der Waals surface area contributed by atoms with Crippen molar-refractivity contribution >= 4 is 5.91 Å². The van der Waals surface area contributed by atoms with Gasteiger partial charge in [0.15, 0.2) is 0 Å². The molecular weight excluding hydrogens is 402 g/mol. The van der Waals surface area contributed by atoms with Gasteiger partial charge in [0.25, 0.3) is 5.91 Å². The summed E-state index contributed by atoms with van der Waals surface area (Å²) in [5.41, 5.74) is 4.06. The first kappa shape index (κ1) is 22.7. The summed E-state index contributed by atoms with van der Waals surface area (Å²) in [6.45, 7) is 5.73. The van der Waals surface area contributed by atoms with E-state index >= 15 is 0 Å². The van der Waals surface area contributed by atoms with Gasteiger partial charge in [-0.15, -0.1) is 0 Å². The highest BCUT2D eigenvalue weighted by atomic mass is 16.5. The van der Waals surface area contributed by atoms with Gasteiger partial charge in [0.1, 0.15) is 18.1 Å². The fourth-order valence-corrected chi connectivity index (χ4v) is 4.52. The predicted octanol–water partition coefficient (Wildman–Crippen LogP) is 3.77. The Morgan fingerprint density at radius 2 is 2.03 bits per heavy atom. The van der Waals surface area contributed by atoms with Crippen LogP contribution in [0.1, 0.15) is 59.8 Å². The van der Waals surface area contributed by atoms with Gasteiger partial charge < -0.3 is 14.8 Å². The van der Waals surface area contributed by atoms with Crippen LogP contribution in [-0.2, 0) is 24.1 Å². The van der Waals surface area contributed by atoms with E-state index in [0.717, 1.165) is 69.5 Å². The van der Waals surface area contributed by atoms with Crippen LogP contribution in [-0.4, -0.2) is 54.7 Å². The second kappa shape index (κ2) is 10.9. The molecule has 0 radical (unpaired) electrons. The van der Waals surface area contributed by atoms with Crippen LogP contribution < -0.4 is 10.1 Å². The summed E-state index contributed by atoms with van der Waals surface area (Å²) in [5, 5.41) is 3.08. The van der Waals surface area contributed by atoms with Crippen LogP contribution >= 0.6 is 0 Å². The number of hydrogen-bond acceptors (Lipinski definition) is 5. The van der Waals surface area contributed by atoms with Gasteiger partial charge in [-0.3, -0.25) is 14.7 Å². The minimum Gasteiger partial charge on any atom is -0.491 e. The van der Waals surface area contributed by atoms with Gasteiger partial charge in [-0.05, 0) is 60.9 Å². The average molecular weight is 438 g/mol. The van der Waals surface area contributed by atoms with Crippen LogP contribution in [0.3, 0.4) is 0 Å². The Morgan fingerprint density at radius 3 is 2.75 bits per heavy atom. The first-order valence-electron chi connectivity index (χ1n) is 11.9. The molecule has 2 aromatic rings. The number of likely N-dealkylation sites (tertiary alicyclic amines) is 1. The first-order valence-corrected chi connectivity index (χ1v) is 11.9. The molecule has 2 aliphatic heterocycles. The number of nitrogens with zero attached hydrogens (tertiary/aromatic N) is 2. The second-order valence-electron chi connectivity index (χ2n) is 8.99. The van der Waals surface area contributed by atoms with Gasteiger partial charge in [0, 0.05) is 32.9 Å². The summed E-state index contributed by atoms with van der Waals surface area (Å²) in [4.78, 5) is 19.5. The molecule has 1 fully saturated rings. The molecular formula is C26H35N3O3. The quantitative estimate of drug-likeness (QED) is 0.681. The molecule has 4 rings (SSSR count). The first-order chi connectivity index (χ1) is 15.6. The molecule has 0 spiro atoms. The number of piperidine rings is 1. The lowest BCUT2D eigenvalue weighted by atomic mass is 10.00. The number of pyridine rings is 1. The topological polar surface area (TPSA) is 63.7 Å². The van der Waals surface area contributed by atoms with Crippen molar-refractivity contribution in [2.24, 2.45) is 0 Å². The number of benzene rings is 1. The highest BCUT2D eigenvalue weighted by molar-refractivity contribution is 5.92. The molecule has 32 heavy (non-hydrogen) atoms. The fraction of sp³-hybridized carbons (Fsp3) is 0.538. The van der Waals surface area contributed by atoms with Gasteiger partial charge in [-0.25, -0.2) is 0 Å². The number of aromatic nitrogens is 1. The Hall–Kier alpha value is -2.44. The molecule has 1 amide bonds. The van der Waals surface area contributed by atoms with E-state index in [2.05, 4.69) is 40.3 Å². The zero-order valence-corrected chi connectivity index (χ0v) is 19.3. The van der Waals surface area contributed by atoms with Crippen LogP contribution in [0.15, 0.2) is 36.5 Å². The lowest BCUT2D eigenvalue weighted by Crippen LogP contribution is -2.43. The average Bonchev–Trinajstić information content (AvgIpc) is 2.83. The highest BCUT2D eigenvalue weighted by Crippen LogP contribution is 2.27. The molecule has 6 heteroatoms. The van der Waals surface area contributed by atoms with Crippen molar-refractivity contribution in [2.45, 2.75) is 64.1 Å². The second-order valence-corrected chi connectivity index (χ2v) is 8.99. The van der Waals surface area contributed by atoms with Crippen molar-refractivity contribution < 1.29 is 14.3 Å². The van der Waals surface area contributed by atoms with Crippen molar-refractivity contribution in [1.29, 1.82) is 0 Å². The number of methoxy groups -OCH3 is 1. The molecule has 1 aromatic carbocycles. The standard InChI is InChI=1S/C26H35N3O3/c1-3-4-5-19-7-9-24(27-16-19)26(30)28-22-15-21-8-6-20(14-25(21)32-18-22)17-29-12-10-23(31-2)11-13-29/h6-9,14,16,22-23H,3-5,10-13,15,17-18H2,1-2H3,(H,28,30)/t22-/m1/s1. The van der Waals surface area contributed by atoms with Crippen molar-refractivity contribution in [3.63, 3.8) is 0 Å². The number of amides is 1.